The van der Waals surface area contributed by atoms with Crippen LogP contribution in [0.4, 0.5) is 0 Å². The quantitative estimate of drug-likeness (QED) is 0.667. The number of esters is 1. The monoisotopic (exact) mass is 250 g/mol. The summed E-state index contributed by atoms with van der Waals surface area (Å²) in [5, 5.41) is 7.42. The van der Waals surface area contributed by atoms with Crippen molar-refractivity contribution >= 4 is 11.9 Å². The second-order valence-corrected chi connectivity index (χ2v) is 4.67. The molecular weight excluding hydrogens is 236 g/mol. The van der Waals surface area contributed by atoms with Gasteiger partial charge < -0.3 is 9.64 Å². The number of hydrogen-bond donors (Lipinski definition) is 0. The topological polar surface area (TPSA) is 77.3 Å². The molecule has 7 nitrogen and oxygen atoms in total. The van der Waals surface area contributed by atoms with Crippen molar-refractivity contribution in [1.82, 2.24) is 19.9 Å². The van der Waals surface area contributed by atoms with E-state index in [1.54, 1.807) is 11.1 Å². The van der Waals surface area contributed by atoms with Crippen molar-refractivity contribution in [3.05, 3.63) is 12.4 Å². The van der Waals surface area contributed by atoms with Gasteiger partial charge in [0.2, 0.25) is 5.91 Å². The molecule has 1 spiro atoms. The lowest BCUT2D eigenvalue weighted by atomic mass is 9.94. The molecule has 2 fully saturated rings. The summed E-state index contributed by atoms with van der Waals surface area (Å²) in [6.45, 7) is 1.14. The average Bonchev–Trinajstić information content (AvgIpc) is 3.04. The summed E-state index contributed by atoms with van der Waals surface area (Å²) in [7, 11) is 0. The third kappa shape index (κ3) is 1.58. The molecule has 2 aliphatic heterocycles. The largest absolute Gasteiger partial charge is 0.464 e. The SMILES string of the molecule is O=C(Cn1ccnn1)N1CCCC12CCOC2=O. The zero-order valence-corrected chi connectivity index (χ0v) is 9.91. The molecule has 0 saturated carbocycles. The number of rotatable bonds is 2. The minimum absolute atomic E-state index is 0.100. The van der Waals surface area contributed by atoms with Gasteiger partial charge in [-0.1, -0.05) is 5.21 Å². The maximum atomic E-state index is 12.2. The van der Waals surface area contributed by atoms with Gasteiger partial charge in [-0.25, -0.2) is 9.48 Å². The second-order valence-electron chi connectivity index (χ2n) is 4.67. The molecule has 1 amide bonds. The summed E-state index contributed by atoms with van der Waals surface area (Å²) in [5.74, 6) is -0.358. The van der Waals surface area contributed by atoms with Crippen molar-refractivity contribution in [3.8, 4) is 0 Å². The van der Waals surface area contributed by atoms with Gasteiger partial charge in [-0.3, -0.25) is 4.79 Å². The Morgan fingerprint density at radius 1 is 1.50 bits per heavy atom. The van der Waals surface area contributed by atoms with E-state index in [0.717, 1.165) is 6.42 Å². The van der Waals surface area contributed by atoms with Crippen molar-refractivity contribution in [3.63, 3.8) is 0 Å². The fourth-order valence-corrected chi connectivity index (χ4v) is 2.80. The van der Waals surface area contributed by atoms with E-state index in [4.69, 9.17) is 4.74 Å². The number of carbonyl (C=O) groups is 2. The van der Waals surface area contributed by atoms with Crippen LogP contribution >= 0.6 is 0 Å². The van der Waals surface area contributed by atoms with Crippen molar-refractivity contribution in [1.29, 1.82) is 0 Å². The molecule has 0 N–H and O–H groups in total. The molecule has 7 heteroatoms. The van der Waals surface area contributed by atoms with Gasteiger partial charge in [0.25, 0.3) is 0 Å². The van der Waals surface area contributed by atoms with Crippen molar-refractivity contribution in [2.75, 3.05) is 13.2 Å². The molecule has 3 rings (SSSR count). The highest BCUT2D eigenvalue weighted by Gasteiger charge is 2.53. The first kappa shape index (κ1) is 11.2. The molecular formula is C11H14N4O3. The molecule has 1 aromatic heterocycles. The molecule has 1 aromatic rings. The lowest BCUT2D eigenvalue weighted by Crippen LogP contribution is -2.51. The van der Waals surface area contributed by atoms with Crippen LogP contribution in [0.3, 0.4) is 0 Å². The van der Waals surface area contributed by atoms with Crippen LogP contribution in [0.25, 0.3) is 0 Å². The van der Waals surface area contributed by atoms with Crippen LogP contribution < -0.4 is 0 Å². The van der Waals surface area contributed by atoms with E-state index >= 15 is 0 Å². The predicted molar refractivity (Wildman–Crippen MR) is 59.3 cm³/mol. The third-order valence-electron chi connectivity index (χ3n) is 3.69. The Morgan fingerprint density at radius 3 is 3.06 bits per heavy atom. The Bertz CT molecular complexity index is 469. The Hall–Kier alpha value is -1.92. The van der Waals surface area contributed by atoms with Crippen molar-refractivity contribution < 1.29 is 14.3 Å². The van der Waals surface area contributed by atoms with Gasteiger partial charge >= 0.3 is 5.97 Å². The van der Waals surface area contributed by atoms with E-state index in [1.807, 2.05) is 0 Å². The summed E-state index contributed by atoms with van der Waals surface area (Å²) in [6, 6.07) is 0. The van der Waals surface area contributed by atoms with Gasteiger partial charge in [-0.15, -0.1) is 5.10 Å². The molecule has 2 saturated heterocycles. The van der Waals surface area contributed by atoms with Crippen LogP contribution in [0.15, 0.2) is 12.4 Å². The number of nitrogens with zero attached hydrogens (tertiary/aromatic N) is 4. The Kier molecular flexibility index (Phi) is 2.53. The molecule has 2 aliphatic rings. The third-order valence-corrected chi connectivity index (χ3v) is 3.69. The van der Waals surface area contributed by atoms with Crippen LogP contribution in [0, 0.1) is 0 Å². The smallest absolute Gasteiger partial charge is 0.332 e. The molecule has 0 bridgehead atoms. The number of likely N-dealkylation sites (tertiary alicyclic amines) is 1. The van der Waals surface area contributed by atoms with E-state index in [9.17, 15) is 9.59 Å². The molecule has 0 radical (unpaired) electrons. The van der Waals surface area contributed by atoms with Gasteiger partial charge in [0, 0.05) is 19.2 Å². The average molecular weight is 250 g/mol. The zero-order chi connectivity index (χ0) is 12.6. The van der Waals surface area contributed by atoms with Crippen LogP contribution in [-0.2, 0) is 20.9 Å². The molecule has 1 atom stereocenters. The first-order valence-electron chi connectivity index (χ1n) is 6.04. The predicted octanol–water partition coefficient (Wildman–Crippen LogP) is -0.414. The number of amides is 1. The van der Waals surface area contributed by atoms with E-state index in [2.05, 4.69) is 10.3 Å². The van der Waals surface area contributed by atoms with Gasteiger partial charge in [0.05, 0.1) is 12.8 Å². The molecule has 0 aromatic carbocycles. The van der Waals surface area contributed by atoms with Crippen LogP contribution in [0.5, 0.6) is 0 Å². The fraction of sp³-hybridized carbons (Fsp3) is 0.636. The number of ether oxygens (including phenoxy) is 1. The van der Waals surface area contributed by atoms with Crippen molar-refractivity contribution in [2.45, 2.75) is 31.3 Å². The Balaban J connectivity index is 1.78. The molecule has 1 unspecified atom stereocenters. The number of cyclic esters (lactones) is 1. The highest BCUT2D eigenvalue weighted by Crippen LogP contribution is 2.37. The van der Waals surface area contributed by atoms with E-state index < -0.39 is 5.54 Å². The Morgan fingerprint density at radius 2 is 2.39 bits per heavy atom. The lowest BCUT2D eigenvalue weighted by molar-refractivity contribution is -0.153. The summed E-state index contributed by atoms with van der Waals surface area (Å²) in [6.07, 6.45) is 5.31. The van der Waals surface area contributed by atoms with Gasteiger partial charge in [-0.05, 0) is 12.8 Å². The second kappa shape index (κ2) is 4.08. The van der Waals surface area contributed by atoms with E-state index in [-0.39, 0.29) is 18.4 Å². The standard InChI is InChI=1S/C11H14N4O3/c16-9(8-14-6-4-12-13-14)15-5-1-2-11(15)3-7-18-10(11)17/h4,6H,1-3,5,7-8H2. The molecule has 96 valence electrons. The van der Waals surface area contributed by atoms with E-state index in [1.165, 1.54) is 10.9 Å². The minimum Gasteiger partial charge on any atom is -0.464 e. The highest BCUT2D eigenvalue weighted by molar-refractivity contribution is 5.89. The summed E-state index contributed by atoms with van der Waals surface area (Å²) in [5.41, 5.74) is -0.711. The van der Waals surface area contributed by atoms with Gasteiger partial charge in [0.1, 0.15) is 12.1 Å². The summed E-state index contributed by atoms with van der Waals surface area (Å²) >= 11 is 0. The first-order chi connectivity index (χ1) is 8.72. The van der Waals surface area contributed by atoms with Gasteiger partial charge in [0.15, 0.2) is 0 Å². The van der Waals surface area contributed by atoms with Crippen LogP contribution in [0.1, 0.15) is 19.3 Å². The zero-order valence-electron chi connectivity index (χ0n) is 9.91. The fourth-order valence-electron chi connectivity index (χ4n) is 2.80. The number of carbonyl (C=O) groups excluding carboxylic acids is 2. The molecule has 18 heavy (non-hydrogen) atoms. The highest BCUT2D eigenvalue weighted by atomic mass is 16.5. The van der Waals surface area contributed by atoms with Crippen LogP contribution in [-0.4, -0.2) is 50.5 Å². The van der Waals surface area contributed by atoms with Crippen LogP contribution in [0.2, 0.25) is 0 Å². The molecule has 3 heterocycles. The number of hydrogen-bond acceptors (Lipinski definition) is 5. The first-order valence-corrected chi connectivity index (χ1v) is 6.04. The molecule has 0 aliphatic carbocycles. The maximum Gasteiger partial charge on any atom is 0.332 e. The van der Waals surface area contributed by atoms with Crippen molar-refractivity contribution in [2.24, 2.45) is 0 Å². The number of aromatic nitrogens is 3. The van der Waals surface area contributed by atoms with E-state index in [0.29, 0.717) is 26.0 Å². The Labute approximate surface area is 104 Å². The summed E-state index contributed by atoms with van der Waals surface area (Å²) in [4.78, 5) is 25.8. The van der Waals surface area contributed by atoms with Gasteiger partial charge in [-0.2, -0.15) is 0 Å². The normalized spacial score (nSPS) is 26.9. The maximum absolute atomic E-state index is 12.2. The summed E-state index contributed by atoms with van der Waals surface area (Å²) < 4.78 is 6.51. The lowest BCUT2D eigenvalue weighted by Gasteiger charge is -2.31. The minimum atomic E-state index is -0.711.